The summed E-state index contributed by atoms with van der Waals surface area (Å²) in [6.07, 6.45) is 0. The molecular formula is C19H27N3O2S. The van der Waals surface area contributed by atoms with E-state index >= 15 is 0 Å². The second-order valence-electron chi connectivity index (χ2n) is 5.97. The number of hydrogen-bond acceptors (Lipinski definition) is 5. The van der Waals surface area contributed by atoms with Crippen LogP contribution >= 0.6 is 11.3 Å². The Morgan fingerprint density at radius 2 is 2.00 bits per heavy atom. The van der Waals surface area contributed by atoms with E-state index in [4.69, 9.17) is 4.74 Å². The van der Waals surface area contributed by atoms with Crippen LogP contribution in [0.5, 0.6) is 5.75 Å². The normalized spacial score (nSPS) is 11.1. The lowest BCUT2D eigenvalue weighted by Gasteiger charge is -2.24. The highest BCUT2D eigenvalue weighted by Gasteiger charge is 2.13. The third-order valence-corrected chi connectivity index (χ3v) is 4.86. The number of thiazole rings is 1. The number of benzene rings is 1. The van der Waals surface area contributed by atoms with Crippen LogP contribution in [0.25, 0.3) is 10.6 Å². The van der Waals surface area contributed by atoms with E-state index in [1.54, 1.807) is 5.38 Å². The molecule has 1 N–H and O–H groups in total. The maximum Gasteiger partial charge on any atom is 0.270 e. The van der Waals surface area contributed by atoms with Gasteiger partial charge in [0.25, 0.3) is 5.91 Å². The summed E-state index contributed by atoms with van der Waals surface area (Å²) in [4.78, 5) is 19.0. The van der Waals surface area contributed by atoms with Gasteiger partial charge in [0, 0.05) is 30.1 Å². The van der Waals surface area contributed by atoms with Crippen molar-refractivity contribution in [1.82, 2.24) is 15.2 Å². The fraction of sp³-hybridized carbons (Fsp3) is 0.474. The quantitative estimate of drug-likeness (QED) is 0.740. The Balaban J connectivity index is 1.92. The molecule has 1 aromatic heterocycles. The lowest BCUT2D eigenvalue weighted by Crippen LogP contribution is -2.38. The molecule has 0 fully saturated rings. The van der Waals surface area contributed by atoms with Crippen molar-refractivity contribution in [2.75, 3.05) is 26.2 Å². The number of hydrogen-bond donors (Lipinski definition) is 1. The van der Waals surface area contributed by atoms with Gasteiger partial charge in [-0.15, -0.1) is 11.3 Å². The van der Waals surface area contributed by atoms with Crippen LogP contribution in [-0.2, 0) is 0 Å². The highest BCUT2D eigenvalue weighted by atomic mass is 32.1. The second-order valence-corrected chi connectivity index (χ2v) is 6.83. The number of carbonyl (C=O) groups is 1. The largest absolute Gasteiger partial charge is 0.494 e. The zero-order valence-corrected chi connectivity index (χ0v) is 16.2. The van der Waals surface area contributed by atoms with Gasteiger partial charge in [0.2, 0.25) is 0 Å². The first kappa shape index (κ1) is 19.4. The summed E-state index contributed by atoms with van der Waals surface area (Å²) in [7, 11) is 0. The van der Waals surface area contributed by atoms with Crippen molar-refractivity contribution in [3.63, 3.8) is 0 Å². The summed E-state index contributed by atoms with van der Waals surface area (Å²) in [5.41, 5.74) is 1.46. The van der Waals surface area contributed by atoms with Crippen molar-refractivity contribution < 1.29 is 9.53 Å². The molecule has 5 nitrogen and oxygen atoms in total. The molecule has 0 saturated heterocycles. The molecule has 2 aromatic rings. The van der Waals surface area contributed by atoms with E-state index in [0.29, 0.717) is 24.9 Å². The minimum Gasteiger partial charge on any atom is -0.494 e. The molecule has 0 spiro atoms. The number of likely N-dealkylation sites (N-methyl/N-ethyl adjacent to an activating group) is 1. The van der Waals surface area contributed by atoms with Gasteiger partial charge in [0.1, 0.15) is 16.5 Å². The molecule has 0 bridgehead atoms. The van der Waals surface area contributed by atoms with E-state index in [9.17, 15) is 4.79 Å². The Bertz CT molecular complexity index is 668. The van der Waals surface area contributed by atoms with Gasteiger partial charge in [-0.3, -0.25) is 9.69 Å². The summed E-state index contributed by atoms with van der Waals surface area (Å²) >= 11 is 1.48. The Labute approximate surface area is 154 Å². The third-order valence-electron chi connectivity index (χ3n) is 3.97. The number of ether oxygens (including phenoxy) is 1. The molecule has 1 amide bonds. The Morgan fingerprint density at radius 3 is 2.60 bits per heavy atom. The minimum atomic E-state index is -0.117. The van der Waals surface area contributed by atoms with Crippen molar-refractivity contribution in [2.45, 2.75) is 33.7 Å². The van der Waals surface area contributed by atoms with Crippen LogP contribution in [0.4, 0.5) is 0 Å². The molecule has 0 aliphatic carbocycles. The maximum atomic E-state index is 12.3. The Kier molecular flexibility index (Phi) is 7.40. The van der Waals surface area contributed by atoms with E-state index in [1.807, 2.05) is 31.2 Å². The molecule has 0 atom stereocenters. The van der Waals surface area contributed by atoms with Gasteiger partial charge in [0.05, 0.1) is 6.61 Å². The van der Waals surface area contributed by atoms with E-state index < -0.39 is 0 Å². The minimum absolute atomic E-state index is 0.117. The van der Waals surface area contributed by atoms with Crippen molar-refractivity contribution in [3.05, 3.63) is 35.3 Å². The van der Waals surface area contributed by atoms with Crippen LogP contribution in [0, 0.1) is 0 Å². The molecular weight excluding hydrogens is 334 g/mol. The van der Waals surface area contributed by atoms with Gasteiger partial charge < -0.3 is 10.1 Å². The smallest absolute Gasteiger partial charge is 0.270 e. The number of amides is 1. The van der Waals surface area contributed by atoms with Gasteiger partial charge in [0.15, 0.2) is 0 Å². The summed E-state index contributed by atoms with van der Waals surface area (Å²) in [5, 5.41) is 5.60. The molecule has 0 radical (unpaired) electrons. The van der Waals surface area contributed by atoms with Gasteiger partial charge in [-0.05, 0) is 51.6 Å². The Hall–Kier alpha value is -1.92. The van der Waals surface area contributed by atoms with Crippen LogP contribution in [-0.4, -0.2) is 48.1 Å². The molecule has 1 aromatic carbocycles. The van der Waals surface area contributed by atoms with E-state index in [2.05, 4.69) is 36.0 Å². The molecule has 0 aliphatic rings. The molecule has 0 unspecified atom stereocenters. The fourth-order valence-corrected chi connectivity index (χ4v) is 3.36. The van der Waals surface area contributed by atoms with Crippen LogP contribution in [0.2, 0.25) is 0 Å². The van der Waals surface area contributed by atoms with E-state index in [0.717, 1.165) is 29.4 Å². The lowest BCUT2D eigenvalue weighted by molar-refractivity contribution is 0.0941. The number of aromatic nitrogens is 1. The number of nitrogens with zero attached hydrogens (tertiary/aromatic N) is 2. The van der Waals surface area contributed by atoms with Crippen molar-refractivity contribution >= 4 is 17.2 Å². The zero-order valence-electron chi connectivity index (χ0n) is 15.4. The van der Waals surface area contributed by atoms with E-state index in [1.165, 1.54) is 11.3 Å². The maximum absolute atomic E-state index is 12.3. The highest BCUT2D eigenvalue weighted by molar-refractivity contribution is 7.13. The van der Waals surface area contributed by atoms with Gasteiger partial charge in [-0.1, -0.05) is 6.92 Å². The van der Waals surface area contributed by atoms with Crippen LogP contribution in [0.3, 0.4) is 0 Å². The van der Waals surface area contributed by atoms with Gasteiger partial charge in [-0.2, -0.15) is 0 Å². The third kappa shape index (κ3) is 5.54. The highest BCUT2D eigenvalue weighted by Crippen LogP contribution is 2.25. The number of rotatable bonds is 9. The topological polar surface area (TPSA) is 54.5 Å². The van der Waals surface area contributed by atoms with Crippen LogP contribution in [0.1, 0.15) is 38.2 Å². The fourth-order valence-electron chi connectivity index (χ4n) is 2.56. The summed E-state index contributed by atoms with van der Waals surface area (Å²) in [6.45, 7) is 11.5. The van der Waals surface area contributed by atoms with Gasteiger partial charge in [-0.25, -0.2) is 4.98 Å². The van der Waals surface area contributed by atoms with Gasteiger partial charge >= 0.3 is 0 Å². The van der Waals surface area contributed by atoms with Crippen molar-refractivity contribution in [3.8, 4) is 16.3 Å². The zero-order chi connectivity index (χ0) is 18.2. The van der Waals surface area contributed by atoms with Crippen molar-refractivity contribution in [1.29, 1.82) is 0 Å². The average Bonchev–Trinajstić information content (AvgIpc) is 3.09. The predicted octanol–water partition coefficient (Wildman–Crippen LogP) is 3.67. The second kappa shape index (κ2) is 9.53. The first-order valence-electron chi connectivity index (χ1n) is 8.76. The molecule has 0 saturated carbocycles. The first-order chi connectivity index (χ1) is 12.0. The lowest BCUT2D eigenvalue weighted by atomic mass is 10.2. The Morgan fingerprint density at radius 1 is 1.28 bits per heavy atom. The standard InChI is InChI=1S/C19H27N3O2S/c1-5-22(14(3)4)12-11-20-18(23)17-13-25-19(21-17)15-7-9-16(10-8-15)24-6-2/h7-10,13-14H,5-6,11-12H2,1-4H3,(H,20,23). The number of nitrogens with one attached hydrogen (secondary N) is 1. The molecule has 25 heavy (non-hydrogen) atoms. The van der Waals surface area contributed by atoms with E-state index in [-0.39, 0.29) is 5.91 Å². The molecule has 0 aliphatic heterocycles. The molecule has 1 heterocycles. The molecule has 136 valence electrons. The summed E-state index contributed by atoms with van der Waals surface area (Å²) < 4.78 is 5.44. The molecule has 2 rings (SSSR count). The van der Waals surface area contributed by atoms with Crippen LogP contribution in [0.15, 0.2) is 29.6 Å². The van der Waals surface area contributed by atoms with Crippen LogP contribution < -0.4 is 10.1 Å². The number of carbonyl (C=O) groups excluding carboxylic acids is 1. The molecule has 6 heteroatoms. The predicted molar refractivity (Wildman–Crippen MR) is 103 cm³/mol. The first-order valence-corrected chi connectivity index (χ1v) is 9.64. The SMILES string of the molecule is CCOc1ccc(-c2nc(C(=O)NCCN(CC)C(C)C)cs2)cc1. The summed E-state index contributed by atoms with van der Waals surface area (Å²) in [6, 6.07) is 8.25. The average molecular weight is 362 g/mol. The van der Waals surface area contributed by atoms with Crippen molar-refractivity contribution in [2.24, 2.45) is 0 Å². The monoisotopic (exact) mass is 361 g/mol. The summed E-state index contributed by atoms with van der Waals surface area (Å²) in [5.74, 6) is 0.722.